The molecule has 4 unspecified atom stereocenters. The maximum absolute atomic E-state index is 14.8. The number of hydrogen-bond acceptors (Lipinski definition) is 5. The molecule has 0 saturated heterocycles. The second-order valence-electron chi connectivity index (χ2n) is 10.9. The highest BCUT2D eigenvalue weighted by atomic mass is 19.1. The number of fused-ring (bicyclic) bond motifs is 2. The fraction of sp³-hybridized carbons (Fsp3) is 0.667. The van der Waals surface area contributed by atoms with E-state index >= 15 is 0 Å². The topological polar surface area (TPSA) is 114 Å². The number of benzene rings is 1. The number of carboxylic acids is 1. The summed E-state index contributed by atoms with van der Waals surface area (Å²) in [6.45, 7) is 0. The number of nitrogens with one attached hydrogen (secondary N) is 2. The summed E-state index contributed by atoms with van der Waals surface area (Å²) < 4.78 is 26.0. The molecule has 3 N–H and O–H groups in total. The molecule has 0 aliphatic heterocycles. The van der Waals surface area contributed by atoms with Crippen LogP contribution in [0.1, 0.15) is 74.6 Å². The molecule has 5 rings (SSSR count). The molecule has 9 heteroatoms. The van der Waals surface area contributed by atoms with E-state index in [9.17, 15) is 23.9 Å². The van der Waals surface area contributed by atoms with Crippen LogP contribution in [-0.4, -0.2) is 48.2 Å². The number of carbonyl (C=O) groups excluding carboxylic acids is 2. The van der Waals surface area contributed by atoms with E-state index in [-0.39, 0.29) is 58.9 Å². The summed E-state index contributed by atoms with van der Waals surface area (Å²) in [7, 11) is 1.38. The van der Waals surface area contributed by atoms with E-state index in [4.69, 9.17) is 9.47 Å². The lowest BCUT2D eigenvalue weighted by Gasteiger charge is -2.34. The zero-order valence-electron chi connectivity index (χ0n) is 20.6. The highest BCUT2D eigenvalue weighted by Gasteiger charge is 2.51. The van der Waals surface area contributed by atoms with Crippen molar-refractivity contribution < 1.29 is 33.4 Å². The Morgan fingerprint density at radius 1 is 0.944 bits per heavy atom. The molecule has 4 aliphatic rings. The van der Waals surface area contributed by atoms with Crippen LogP contribution in [0.25, 0.3) is 0 Å². The monoisotopic (exact) mass is 502 g/mol. The highest BCUT2D eigenvalue weighted by molar-refractivity contribution is 5.98. The van der Waals surface area contributed by atoms with Gasteiger partial charge in [0.2, 0.25) is 5.91 Å². The summed E-state index contributed by atoms with van der Waals surface area (Å²) >= 11 is 0. The summed E-state index contributed by atoms with van der Waals surface area (Å²) in [6.07, 6.45) is 7.72. The van der Waals surface area contributed by atoms with Gasteiger partial charge in [-0.3, -0.25) is 14.4 Å². The first kappa shape index (κ1) is 24.8. The number of rotatable bonds is 8. The molecule has 2 amide bonds. The predicted octanol–water partition coefficient (Wildman–Crippen LogP) is 3.67. The van der Waals surface area contributed by atoms with Crippen LogP contribution in [0.4, 0.5) is 4.39 Å². The van der Waals surface area contributed by atoms with Gasteiger partial charge in [-0.1, -0.05) is 0 Å². The Morgan fingerprint density at radius 2 is 1.67 bits per heavy atom. The first-order valence-corrected chi connectivity index (χ1v) is 13.2. The zero-order chi connectivity index (χ0) is 25.4. The van der Waals surface area contributed by atoms with E-state index in [1.54, 1.807) is 0 Å². The van der Waals surface area contributed by atoms with Gasteiger partial charge in [-0.2, -0.15) is 0 Å². The fourth-order valence-electron chi connectivity index (χ4n) is 6.53. The SMILES string of the molecule is COc1cc(F)c(OC2CCC(C(=O)O)CC2)cc1C(=O)NC1C2CCC(C2)C1C(=O)NC1CCC1. The van der Waals surface area contributed by atoms with Gasteiger partial charge in [0.1, 0.15) is 5.75 Å². The van der Waals surface area contributed by atoms with Gasteiger partial charge in [0, 0.05) is 18.2 Å². The number of halogens is 1. The number of amides is 2. The zero-order valence-corrected chi connectivity index (χ0v) is 20.6. The van der Waals surface area contributed by atoms with Crippen LogP contribution in [0.2, 0.25) is 0 Å². The minimum absolute atomic E-state index is 0.0317. The molecule has 0 spiro atoms. The predicted molar refractivity (Wildman–Crippen MR) is 128 cm³/mol. The van der Waals surface area contributed by atoms with Crippen molar-refractivity contribution in [2.24, 2.45) is 23.7 Å². The normalized spacial score (nSPS) is 31.4. The van der Waals surface area contributed by atoms with Crippen LogP contribution in [0, 0.1) is 29.5 Å². The molecule has 2 bridgehead atoms. The lowest BCUT2D eigenvalue weighted by Crippen LogP contribution is -2.52. The third-order valence-corrected chi connectivity index (χ3v) is 8.78. The van der Waals surface area contributed by atoms with Crippen LogP contribution in [-0.2, 0) is 9.59 Å². The van der Waals surface area contributed by atoms with Gasteiger partial charge in [-0.05, 0) is 82.1 Å². The smallest absolute Gasteiger partial charge is 0.306 e. The molecular weight excluding hydrogens is 467 g/mol. The Morgan fingerprint density at radius 3 is 2.31 bits per heavy atom. The quantitative estimate of drug-likeness (QED) is 0.500. The van der Waals surface area contributed by atoms with E-state index in [1.165, 1.54) is 13.2 Å². The van der Waals surface area contributed by atoms with Crippen molar-refractivity contribution in [2.75, 3.05) is 7.11 Å². The Hall–Kier alpha value is -2.84. The lowest BCUT2D eigenvalue weighted by atomic mass is 9.82. The van der Waals surface area contributed by atoms with Crippen molar-refractivity contribution in [1.29, 1.82) is 0 Å². The Kier molecular flexibility index (Phi) is 7.08. The molecule has 4 atom stereocenters. The molecule has 1 aromatic rings. The van der Waals surface area contributed by atoms with Gasteiger partial charge in [-0.15, -0.1) is 0 Å². The average molecular weight is 503 g/mol. The summed E-state index contributed by atoms with van der Waals surface area (Å²) in [5, 5.41) is 15.4. The molecule has 0 heterocycles. The Balaban J connectivity index is 1.30. The third-order valence-electron chi connectivity index (χ3n) is 8.78. The van der Waals surface area contributed by atoms with Crippen molar-refractivity contribution >= 4 is 17.8 Å². The summed E-state index contributed by atoms with van der Waals surface area (Å²) in [6, 6.07) is 2.50. The van der Waals surface area contributed by atoms with Crippen molar-refractivity contribution in [3.05, 3.63) is 23.5 Å². The number of aliphatic carboxylic acids is 1. The van der Waals surface area contributed by atoms with Gasteiger partial charge in [0.25, 0.3) is 5.91 Å². The lowest BCUT2D eigenvalue weighted by molar-refractivity contribution is -0.143. The van der Waals surface area contributed by atoms with Crippen molar-refractivity contribution in [3.8, 4) is 11.5 Å². The third kappa shape index (κ3) is 4.89. The van der Waals surface area contributed by atoms with Crippen LogP contribution in [0.5, 0.6) is 11.5 Å². The first-order valence-electron chi connectivity index (χ1n) is 13.2. The summed E-state index contributed by atoms with van der Waals surface area (Å²) in [4.78, 5) is 37.7. The minimum Gasteiger partial charge on any atom is -0.496 e. The van der Waals surface area contributed by atoms with Gasteiger partial charge >= 0.3 is 5.97 Å². The standard InChI is InChI=1S/C27H35FN2O6/c1-35-21-13-20(28)22(36-18-9-7-14(8-10-18)27(33)34)12-19(21)25(31)30-24-16-6-5-15(11-16)23(24)26(32)29-17-3-2-4-17/h12-18,23-24H,2-11H2,1H3,(H,29,32)(H,30,31)(H,33,34). The van der Waals surface area contributed by atoms with Crippen molar-refractivity contribution in [2.45, 2.75) is 82.4 Å². The van der Waals surface area contributed by atoms with Crippen molar-refractivity contribution in [3.63, 3.8) is 0 Å². The number of ether oxygens (including phenoxy) is 2. The van der Waals surface area contributed by atoms with Gasteiger partial charge in [-0.25, -0.2) is 4.39 Å². The largest absolute Gasteiger partial charge is 0.496 e. The second-order valence-corrected chi connectivity index (χ2v) is 10.9. The molecule has 4 fully saturated rings. The molecular formula is C27H35FN2O6. The molecule has 36 heavy (non-hydrogen) atoms. The average Bonchev–Trinajstić information content (AvgIpc) is 3.44. The molecule has 196 valence electrons. The minimum atomic E-state index is -0.816. The van der Waals surface area contributed by atoms with E-state index in [1.807, 2.05) is 0 Å². The fourth-order valence-corrected chi connectivity index (χ4v) is 6.53. The maximum Gasteiger partial charge on any atom is 0.306 e. The Labute approximate surface area is 210 Å². The Bertz CT molecular complexity index is 1020. The van der Waals surface area contributed by atoms with Gasteiger partial charge < -0.3 is 25.2 Å². The van der Waals surface area contributed by atoms with E-state index in [0.717, 1.165) is 44.6 Å². The van der Waals surface area contributed by atoms with Crippen LogP contribution in [0.15, 0.2) is 12.1 Å². The molecule has 8 nitrogen and oxygen atoms in total. The van der Waals surface area contributed by atoms with Crippen LogP contribution >= 0.6 is 0 Å². The number of methoxy groups -OCH3 is 1. The van der Waals surface area contributed by atoms with E-state index in [0.29, 0.717) is 25.7 Å². The number of carboxylic acid groups (broad SMARTS) is 1. The molecule has 4 saturated carbocycles. The van der Waals surface area contributed by atoms with Crippen LogP contribution < -0.4 is 20.1 Å². The van der Waals surface area contributed by atoms with Crippen LogP contribution in [0.3, 0.4) is 0 Å². The van der Waals surface area contributed by atoms with Gasteiger partial charge in [0.15, 0.2) is 11.6 Å². The molecule has 0 aromatic heterocycles. The number of carbonyl (C=O) groups is 3. The van der Waals surface area contributed by atoms with Crippen molar-refractivity contribution in [1.82, 2.24) is 10.6 Å². The molecule has 0 radical (unpaired) electrons. The van der Waals surface area contributed by atoms with Gasteiger partial charge in [0.05, 0.1) is 30.6 Å². The summed E-state index contributed by atoms with van der Waals surface area (Å²) in [5.41, 5.74) is 0.161. The molecule has 1 aromatic carbocycles. The highest BCUT2D eigenvalue weighted by Crippen LogP contribution is 2.49. The summed E-state index contributed by atoms with van der Waals surface area (Å²) in [5.74, 6) is -1.90. The van der Waals surface area contributed by atoms with E-state index in [2.05, 4.69) is 10.6 Å². The maximum atomic E-state index is 14.8. The van der Waals surface area contributed by atoms with E-state index < -0.39 is 23.6 Å². The second kappa shape index (κ2) is 10.3. The molecule has 4 aliphatic carbocycles. The first-order chi connectivity index (χ1) is 17.3. The number of hydrogen-bond donors (Lipinski definition) is 3.